The highest BCUT2D eigenvalue weighted by Gasteiger charge is 2.24. The Balaban J connectivity index is 2.07. The molecule has 1 unspecified atom stereocenters. The van der Waals surface area contributed by atoms with Crippen LogP contribution in [-0.4, -0.2) is 49.1 Å². The maximum atomic E-state index is 5.96. The van der Waals surface area contributed by atoms with E-state index in [1.165, 1.54) is 5.56 Å². The lowest BCUT2D eigenvalue weighted by Gasteiger charge is -2.39. The second-order valence-corrected chi connectivity index (χ2v) is 6.15. The van der Waals surface area contributed by atoms with E-state index in [0.717, 1.165) is 35.7 Å². The van der Waals surface area contributed by atoms with Gasteiger partial charge in [-0.25, -0.2) is 0 Å². The smallest absolute Gasteiger partial charge is 0.0417 e. The molecule has 1 fully saturated rings. The molecule has 0 saturated carbocycles. The van der Waals surface area contributed by atoms with Crippen LogP contribution in [0, 0.1) is 0 Å². The van der Waals surface area contributed by atoms with Crippen molar-refractivity contribution < 1.29 is 0 Å². The Labute approximate surface area is 122 Å². The fourth-order valence-corrected chi connectivity index (χ4v) is 3.16. The molecule has 100 valence electrons. The summed E-state index contributed by atoms with van der Waals surface area (Å²) in [5, 5.41) is 0.763. The Morgan fingerprint density at radius 2 is 2.22 bits per heavy atom. The van der Waals surface area contributed by atoms with E-state index in [0.29, 0.717) is 12.6 Å². The summed E-state index contributed by atoms with van der Waals surface area (Å²) in [6, 6.07) is 6.41. The number of nitrogens with two attached hydrogens (primary N) is 1. The SMILES string of the molecule is CN1CCN(Cc2ccc(Cl)cc2Br)C(CN)C1. The molecule has 1 aromatic carbocycles. The third-order valence-corrected chi connectivity index (χ3v) is 4.44. The van der Waals surface area contributed by atoms with E-state index in [-0.39, 0.29) is 0 Å². The number of piperazine rings is 1. The van der Waals surface area contributed by atoms with Gasteiger partial charge in [0, 0.05) is 48.3 Å². The van der Waals surface area contributed by atoms with Crippen molar-refractivity contribution in [3.8, 4) is 0 Å². The fourth-order valence-electron chi connectivity index (χ4n) is 2.35. The average Bonchev–Trinajstić information content (AvgIpc) is 2.34. The lowest BCUT2D eigenvalue weighted by molar-refractivity contribution is 0.0879. The number of halogens is 2. The zero-order valence-electron chi connectivity index (χ0n) is 10.6. The van der Waals surface area contributed by atoms with Gasteiger partial charge < -0.3 is 10.6 Å². The lowest BCUT2D eigenvalue weighted by Crippen LogP contribution is -2.54. The van der Waals surface area contributed by atoms with Crippen LogP contribution in [0.4, 0.5) is 0 Å². The van der Waals surface area contributed by atoms with Crippen molar-refractivity contribution in [2.45, 2.75) is 12.6 Å². The summed E-state index contributed by atoms with van der Waals surface area (Å²) in [7, 11) is 2.15. The normalized spacial score (nSPS) is 22.3. The maximum absolute atomic E-state index is 5.96. The molecule has 0 aromatic heterocycles. The van der Waals surface area contributed by atoms with Crippen molar-refractivity contribution in [3.63, 3.8) is 0 Å². The largest absolute Gasteiger partial charge is 0.329 e. The van der Waals surface area contributed by atoms with Crippen LogP contribution in [-0.2, 0) is 6.54 Å². The first kappa shape index (κ1) is 14.3. The fraction of sp³-hybridized carbons (Fsp3) is 0.538. The molecule has 3 nitrogen and oxygen atoms in total. The van der Waals surface area contributed by atoms with Gasteiger partial charge in [0.05, 0.1) is 0 Å². The van der Waals surface area contributed by atoms with E-state index >= 15 is 0 Å². The molecular formula is C13H19BrClN3. The molecule has 1 heterocycles. The number of nitrogens with zero attached hydrogens (tertiary/aromatic N) is 2. The van der Waals surface area contributed by atoms with E-state index in [2.05, 4.69) is 38.8 Å². The second-order valence-electron chi connectivity index (χ2n) is 4.86. The van der Waals surface area contributed by atoms with Gasteiger partial charge in [-0.05, 0) is 24.7 Å². The van der Waals surface area contributed by atoms with Crippen molar-refractivity contribution >= 4 is 27.5 Å². The third-order valence-electron chi connectivity index (χ3n) is 3.47. The zero-order chi connectivity index (χ0) is 13.1. The summed E-state index contributed by atoms with van der Waals surface area (Å²) >= 11 is 9.54. The molecule has 0 radical (unpaired) electrons. The minimum Gasteiger partial charge on any atom is -0.329 e. The van der Waals surface area contributed by atoms with Crippen LogP contribution in [0.3, 0.4) is 0 Å². The van der Waals surface area contributed by atoms with Crippen molar-refractivity contribution in [3.05, 3.63) is 33.3 Å². The minimum atomic E-state index is 0.436. The van der Waals surface area contributed by atoms with Gasteiger partial charge in [-0.3, -0.25) is 4.90 Å². The molecule has 1 aliphatic heterocycles. The van der Waals surface area contributed by atoms with Crippen LogP contribution in [0.15, 0.2) is 22.7 Å². The van der Waals surface area contributed by atoms with E-state index in [4.69, 9.17) is 17.3 Å². The second kappa shape index (κ2) is 6.35. The number of rotatable bonds is 3. The topological polar surface area (TPSA) is 32.5 Å². The van der Waals surface area contributed by atoms with Crippen LogP contribution in [0.1, 0.15) is 5.56 Å². The van der Waals surface area contributed by atoms with Gasteiger partial charge in [0.15, 0.2) is 0 Å². The summed E-state index contributed by atoms with van der Waals surface area (Å²) < 4.78 is 1.07. The van der Waals surface area contributed by atoms with E-state index < -0.39 is 0 Å². The highest BCUT2D eigenvalue weighted by molar-refractivity contribution is 9.10. The van der Waals surface area contributed by atoms with Gasteiger partial charge >= 0.3 is 0 Å². The van der Waals surface area contributed by atoms with Gasteiger partial charge in [-0.15, -0.1) is 0 Å². The van der Waals surface area contributed by atoms with Crippen LogP contribution < -0.4 is 5.73 Å². The van der Waals surface area contributed by atoms with Gasteiger partial charge in [-0.2, -0.15) is 0 Å². The Morgan fingerprint density at radius 1 is 1.44 bits per heavy atom. The molecule has 1 aromatic rings. The molecule has 0 aliphatic carbocycles. The molecule has 2 rings (SSSR count). The first-order chi connectivity index (χ1) is 8.60. The highest BCUT2D eigenvalue weighted by atomic mass is 79.9. The quantitative estimate of drug-likeness (QED) is 0.921. The van der Waals surface area contributed by atoms with Crippen molar-refractivity contribution in [2.75, 3.05) is 33.2 Å². The van der Waals surface area contributed by atoms with Crippen LogP contribution >= 0.6 is 27.5 Å². The van der Waals surface area contributed by atoms with Gasteiger partial charge in [0.25, 0.3) is 0 Å². The molecule has 18 heavy (non-hydrogen) atoms. The number of benzene rings is 1. The third kappa shape index (κ3) is 3.45. The molecular weight excluding hydrogens is 314 g/mol. The maximum Gasteiger partial charge on any atom is 0.0417 e. The molecule has 0 amide bonds. The average molecular weight is 333 g/mol. The molecule has 5 heteroatoms. The van der Waals surface area contributed by atoms with E-state index in [1.807, 2.05) is 12.1 Å². The van der Waals surface area contributed by atoms with Gasteiger partial charge in [0.1, 0.15) is 0 Å². The standard InChI is InChI=1S/C13H19BrClN3/c1-17-4-5-18(12(7-16)9-17)8-10-2-3-11(15)6-13(10)14/h2-3,6,12H,4-5,7-9,16H2,1H3. The highest BCUT2D eigenvalue weighted by Crippen LogP contribution is 2.24. The summed E-state index contributed by atoms with van der Waals surface area (Å²) in [5.41, 5.74) is 7.14. The summed E-state index contributed by atoms with van der Waals surface area (Å²) in [6.07, 6.45) is 0. The predicted octanol–water partition coefficient (Wildman–Crippen LogP) is 2.18. The van der Waals surface area contributed by atoms with Crippen LogP contribution in [0.25, 0.3) is 0 Å². The number of hydrogen-bond acceptors (Lipinski definition) is 3. The van der Waals surface area contributed by atoms with Gasteiger partial charge in [0.2, 0.25) is 0 Å². The van der Waals surface area contributed by atoms with Gasteiger partial charge in [-0.1, -0.05) is 33.6 Å². The Morgan fingerprint density at radius 3 is 2.89 bits per heavy atom. The summed E-state index contributed by atoms with van der Waals surface area (Å²) in [4.78, 5) is 4.79. The van der Waals surface area contributed by atoms with Crippen molar-refractivity contribution in [1.82, 2.24) is 9.80 Å². The monoisotopic (exact) mass is 331 g/mol. The van der Waals surface area contributed by atoms with Crippen LogP contribution in [0.2, 0.25) is 5.02 Å². The summed E-state index contributed by atoms with van der Waals surface area (Å²) in [5.74, 6) is 0. The molecule has 1 saturated heterocycles. The number of likely N-dealkylation sites (N-methyl/N-ethyl adjacent to an activating group) is 1. The van der Waals surface area contributed by atoms with Crippen LogP contribution in [0.5, 0.6) is 0 Å². The molecule has 2 N–H and O–H groups in total. The molecule has 0 bridgehead atoms. The van der Waals surface area contributed by atoms with E-state index in [1.54, 1.807) is 0 Å². The van der Waals surface area contributed by atoms with Crippen molar-refractivity contribution in [2.24, 2.45) is 5.73 Å². The lowest BCUT2D eigenvalue weighted by atomic mass is 10.1. The summed E-state index contributed by atoms with van der Waals surface area (Å²) in [6.45, 7) is 4.83. The Bertz CT molecular complexity index is 413. The zero-order valence-corrected chi connectivity index (χ0v) is 12.9. The predicted molar refractivity (Wildman–Crippen MR) is 79.9 cm³/mol. The Hall–Kier alpha value is -0.130. The molecule has 0 spiro atoms. The molecule has 1 atom stereocenters. The first-order valence-corrected chi connectivity index (χ1v) is 7.34. The van der Waals surface area contributed by atoms with E-state index in [9.17, 15) is 0 Å². The Kier molecular flexibility index (Phi) is 5.04. The van der Waals surface area contributed by atoms with Crippen molar-refractivity contribution in [1.29, 1.82) is 0 Å². The first-order valence-electron chi connectivity index (χ1n) is 6.16. The minimum absolute atomic E-state index is 0.436. The number of hydrogen-bond donors (Lipinski definition) is 1. The molecule has 1 aliphatic rings.